The molecule has 0 atom stereocenters. The summed E-state index contributed by atoms with van der Waals surface area (Å²) in [5.74, 6) is 0. The number of hydrogen-bond donors (Lipinski definition) is 0. The molecule has 0 amide bonds. The van der Waals surface area contributed by atoms with Gasteiger partial charge in [-0.05, 0) is 63.1 Å². The Labute approximate surface area is 136 Å². The minimum Gasteiger partial charge on any atom is -0.398 e. The van der Waals surface area contributed by atoms with Crippen LogP contribution in [0.1, 0.15) is 27.7 Å². The lowest BCUT2D eigenvalue weighted by Crippen LogP contribution is -2.41. The van der Waals surface area contributed by atoms with E-state index < -0.39 is 7.12 Å². The Bertz CT molecular complexity index is 687. The van der Waals surface area contributed by atoms with Crippen molar-refractivity contribution >= 4 is 24.3 Å². The monoisotopic (exact) mass is 315 g/mol. The number of pyridine rings is 1. The van der Waals surface area contributed by atoms with Crippen LogP contribution in [0.3, 0.4) is 0 Å². The normalized spacial score (nSPS) is 19.4. The second kappa shape index (κ2) is 5.37. The summed E-state index contributed by atoms with van der Waals surface area (Å²) in [6.07, 6.45) is 1.77. The highest BCUT2D eigenvalue weighted by molar-refractivity contribution is 6.61. The van der Waals surface area contributed by atoms with Crippen molar-refractivity contribution in [1.29, 1.82) is 0 Å². The summed E-state index contributed by atoms with van der Waals surface area (Å²) in [7, 11) is -0.455. The van der Waals surface area contributed by atoms with Gasteiger partial charge in [-0.3, -0.25) is 4.98 Å². The molecule has 0 spiro atoms. The van der Waals surface area contributed by atoms with Crippen LogP contribution in [0.2, 0.25) is 5.02 Å². The fourth-order valence-corrected chi connectivity index (χ4v) is 2.58. The fourth-order valence-electron chi connectivity index (χ4n) is 2.39. The molecule has 1 fully saturated rings. The van der Waals surface area contributed by atoms with Crippen LogP contribution >= 0.6 is 11.6 Å². The second-order valence-electron chi connectivity index (χ2n) is 6.57. The van der Waals surface area contributed by atoms with Gasteiger partial charge in [0, 0.05) is 11.2 Å². The van der Waals surface area contributed by atoms with Crippen LogP contribution in [-0.2, 0) is 9.31 Å². The van der Waals surface area contributed by atoms with E-state index in [1.54, 1.807) is 6.20 Å². The molecule has 0 unspecified atom stereocenters. The summed E-state index contributed by atoms with van der Waals surface area (Å²) in [5, 5.41) is 0.714. The molecule has 1 aliphatic rings. The number of benzene rings is 1. The van der Waals surface area contributed by atoms with Gasteiger partial charge in [-0.1, -0.05) is 23.7 Å². The number of hydrogen-bond acceptors (Lipinski definition) is 3. The Morgan fingerprint density at radius 3 is 2.23 bits per heavy atom. The molecule has 2 heterocycles. The SMILES string of the molecule is CC1(C)OB(c2cc(-c3cccc(Cl)c3)ccn2)OC1(C)C. The van der Waals surface area contributed by atoms with Crippen molar-refractivity contribution in [3.05, 3.63) is 47.6 Å². The Hall–Kier alpha value is -1.36. The van der Waals surface area contributed by atoms with Crippen molar-refractivity contribution in [2.24, 2.45) is 0 Å². The van der Waals surface area contributed by atoms with Crippen molar-refractivity contribution in [3.8, 4) is 11.1 Å². The lowest BCUT2D eigenvalue weighted by molar-refractivity contribution is 0.00578. The quantitative estimate of drug-likeness (QED) is 0.792. The van der Waals surface area contributed by atoms with E-state index in [-0.39, 0.29) is 11.2 Å². The molecule has 0 radical (unpaired) electrons. The van der Waals surface area contributed by atoms with Crippen LogP contribution in [-0.4, -0.2) is 23.3 Å². The molecular weight excluding hydrogens is 296 g/mol. The minimum atomic E-state index is -0.455. The van der Waals surface area contributed by atoms with E-state index in [1.807, 2.05) is 64.1 Å². The highest BCUT2D eigenvalue weighted by atomic mass is 35.5. The third-order valence-corrected chi connectivity index (χ3v) is 4.67. The van der Waals surface area contributed by atoms with Gasteiger partial charge in [0.05, 0.1) is 16.8 Å². The maximum absolute atomic E-state index is 6.07. The Morgan fingerprint density at radius 2 is 1.59 bits per heavy atom. The van der Waals surface area contributed by atoms with Gasteiger partial charge in [-0.2, -0.15) is 0 Å². The Kier molecular flexibility index (Phi) is 3.80. The standard InChI is InChI=1S/C17H19BClNO2/c1-16(2)17(3,4)22-18(21-16)15-11-13(8-9-20-15)12-6-5-7-14(19)10-12/h5-11H,1-4H3. The summed E-state index contributed by atoms with van der Waals surface area (Å²) in [6.45, 7) is 8.14. The third kappa shape index (κ3) is 2.79. The van der Waals surface area contributed by atoms with Gasteiger partial charge in [0.15, 0.2) is 0 Å². The first-order valence-electron chi connectivity index (χ1n) is 7.36. The average Bonchev–Trinajstić information content (AvgIpc) is 2.68. The molecule has 3 nitrogen and oxygen atoms in total. The molecule has 5 heteroatoms. The molecule has 1 saturated heterocycles. The van der Waals surface area contributed by atoms with Crippen LogP contribution in [0.25, 0.3) is 11.1 Å². The zero-order chi connectivity index (χ0) is 16.0. The van der Waals surface area contributed by atoms with Crippen molar-refractivity contribution in [1.82, 2.24) is 4.98 Å². The van der Waals surface area contributed by atoms with Gasteiger partial charge in [0.25, 0.3) is 0 Å². The van der Waals surface area contributed by atoms with E-state index in [2.05, 4.69) is 4.98 Å². The van der Waals surface area contributed by atoms with E-state index in [0.29, 0.717) is 5.02 Å². The number of aromatic nitrogens is 1. The van der Waals surface area contributed by atoms with Gasteiger partial charge < -0.3 is 9.31 Å². The van der Waals surface area contributed by atoms with Crippen LogP contribution in [0.5, 0.6) is 0 Å². The van der Waals surface area contributed by atoms with Crippen molar-refractivity contribution in [2.75, 3.05) is 0 Å². The third-order valence-electron chi connectivity index (χ3n) is 4.43. The Morgan fingerprint density at radius 1 is 0.955 bits per heavy atom. The smallest absolute Gasteiger partial charge is 0.398 e. The van der Waals surface area contributed by atoms with E-state index in [4.69, 9.17) is 20.9 Å². The zero-order valence-electron chi connectivity index (χ0n) is 13.3. The highest BCUT2D eigenvalue weighted by Crippen LogP contribution is 2.36. The second-order valence-corrected chi connectivity index (χ2v) is 7.00. The molecule has 0 bridgehead atoms. The average molecular weight is 316 g/mol. The minimum absolute atomic E-state index is 0.370. The molecule has 0 N–H and O–H groups in total. The summed E-state index contributed by atoms with van der Waals surface area (Å²) in [5.41, 5.74) is 2.13. The predicted molar refractivity (Wildman–Crippen MR) is 90.4 cm³/mol. The van der Waals surface area contributed by atoms with E-state index in [9.17, 15) is 0 Å². The largest absolute Gasteiger partial charge is 0.514 e. The summed E-state index contributed by atoms with van der Waals surface area (Å²) < 4.78 is 12.1. The molecule has 0 aliphatic carbocycles. The van der Waals surface area contributed by atoms with E-state index in [1.165, 1.54) is 0 Å². The van der Waals surface area contributed by atoms with Gasteiger partial charge in [-0.25, -0.2) is 0 Å². The Balaban J connectivity index is 1.93. The molecular formula is C17H19BClNO2. The maximum Gasteiger partial charge on any atom is 0.514 e. The van der Waals surface area contributed by atoms with Gasteiger partial charge in [0.2, 0.25) is 0 Å². The molecule has 0 saturated carbocycles. The molecule has 3 rings (SSSR count). The predicted octanol–water partition coefficient (Wildman–Crippen LogP) is 3.70. The molecule has 22 heavy (non-hydrogen) atoms. The zero-order valence-corrected chi connectivity index (χ0v) is 14.0. The lowest BCUT2D eigenvalue weighted by atomic mass is 9.83. The summed E-state index contributed by atoms with van der Waals surface area (Å²) >= 11 is 6.07. The van der Waals surface area contributed by atoms with Crippen LogP contribution in [0.4, 0.5) is 0 Å². The van der Waals surface area contributed by atoms with Gasteiger partial charge in [0.1, 0.15) is 0 Å². The first-order chi connectivity index (χ1) is 10.3. The van der Waals surface area contributed by atoms with Gasteiger partial charge in [-0.15, -0.1) is 0 Å². The molecule has 1 aliphatic heterocycles. The first kappa shape index (κ1) is 15.5. The van der Waals surface area contributed by atoms with Crippen LogP contribution in [0.15, 0.2) is 42.6 Å². The topological polar surface area (TPSA) is 31.4 Å². The number of nitrogens with zero attached hydrogens (tertiary/aromatic N) is 1. The molecule has 1 aromatic carbocycles. The van der Waals surface area contributed by atoms with Crippen molar-refractivity contribution in [2.45, 2.75) is 38.9 Å². The summed E-state index contributed by atoms with van der Waals surface area (Å²) in [6, 6.07) is 11.7. The fraction of sp³-hybridized carbons (Fsp3) is 0.353. The molecule has 2 aromatic rings. The van der Waals surface area contributed by atoms with Crippen molar-refractivity contribution < 1.29 is 9.31 Å². The maximum atomic E-state index is 6.07. The first-order valence-corrected chi connectivity index (χ1v) is 7.74. The van der Waals surface area contributed by atoms with E-state index in [0.717, 1.165) is 16.7 Å². The highest BCUT2D eigenvalue weighted by Gasteiger charge is 2.52. The van der Waals surface area contributed by atoms with Crippen molar-refractivity contribution in [3.63, 3.8) is 0 Å². The number of halogens is 1. The summed E-state index contributed by atoms with van der Waals surface area (Å²) in [4.78, 5) is 4.42. The molecule has 114 valence electrons. The van der Waals surface area contributed by atoms with E-state index >= 15 is 0 Å². The lowest BCUT2D eigenvalue weighted by Gasteiger charge is -2.32. The number of rotatable bonds is 2. The van der Waals surface area contributed by atoms with Crippen LogP contribution in [0, 0.1) is 0 Å². The van der Waals surface area contributed by atoms with Crippen LogP contribution < -0.4 is 5.59 Å². The molecule has 1 aromatic heterocycles. The van der Waals surface area contributed by atoms with Gasteiger partial charge >= 0.3 is 7.12 Å².